The van der Waals surface area contributed by atoms with Crippen molar-refractivity contribution in [2.45, 2.75) is 12.5 Å². The molecule has 102 valence electrons. The lowest BCUT2D eigenvalue weighted by molar-refractivity contribution is 0.0690. The first-order valence-corrected chi connectivity index (χ1v) is 7.04. The van der Waals surface area contributed by atoms with Gasteiger partial charge in [-0.3, -0.25) is 0 Å². The smallest absolute Gasteiger partial charge is 0.354 e. The van der Waals surface area contributed by atoms with Gasteiger partial charge in [-0.25, -0.2) is 14.6 Å². The zero-order chi connectivity index (χ0) is 13.8. The number of hydrogen-bond donors (Lipinski definition) is 2. The molecule has 0 radical (unpaired) electrons. The summed E-state index contributed by atoms with van der Waals surface area (Å²) in [5, 5.41) is 11.4. The normalized spacial score (nSPS) is 18.1. The van der Waals surface area contributed by atoms with Crippen molar-refractivity contribution < 1.29 is 14.7 Å². The summed E-state index contributed by atoms with van der Waals surface area (Å²) in [4.78, 5) is 28.1. The van der Waals surface area contributed by atoms with E-state index in [1.54, 1.807) is 11.9 Å². The van der Waals surface area contributed by atoms with E-state index in [-0.39, 0.29) is 17.8 Å². The molecule has 1 unspecified atom stereocenters. The minimum absolute atomic E-state index is 0.0430. The molecule has 1 aliphatic heterocycles. The van der Waals surface area contributed by atoms with Gasteiger partial charge in [0.15, 0.2) is 0 Å². The largest absolute Gasteiger partial charge is 0.477 e. The molecule has 0 spiro atoms. The van der Waals surface area contributed by atoms with Crippen molar-refractivity contribution in [1.82, 2.24) is 9.88 Å². The number of nitrogens with zero attached hydrogens (tertiary/aromatic N) is 2. The first kappa shape index (κ1) is 13.7. The third-order valence-electron chi connectivity index (χ3n) is 3.01. The van der Waals surface area contributed by atoms with E-state index in [1.165, 1.54) is 18.3 Å². The van der Waals surface area contributed by atoms with Gasteiger partial charge in [0, 0.05) is 18.8 Å². The van der Waals surface area contributed by atoms with Crippen LogP contribution in [0, 0.1) is 0 Å². The topological polar surface area (TPSA) is 82.5 Å². The lowest BCUT2D eigenvalue weighted by Crippen LogP contribution is -2.39. The first-order valence-electron chi connectivity index (χ1n) is 5.89. The summed E-state index contributed by atoms with van der Waals surface area (Å²) < 4.78 is 0. The number of rotatable bonds is 3. The number of amides is 2. The maximum Gasteiger partial charge on any atom is 0.354 e. The second-order valence-electron chi connectivity index (χ2n) is 4.30. The van der Waals surface area contributed by atoms with Gasteiger partial charge in [-0.1, -0.05) is 0 Å². The van der Waals surface area contributed by atoms with Crippen LogP contribution in [0.2, 0.25) is 0 Å². The van der Waals surface area contributed by atoms with Gasteiger partial charge in [-0.15, -0.1) is 0 Å². The Hall–Kier alpha value is -1.76. The van der Waals surface area contributed by atoms with Crippen molar-refractivity contribution in [3.63, 3.8) is 0 Å². The second-order valence-corrected chi connectivity index (χ2v) is 5.45. The standard InChI is InChI=1S/C12H15N3O3S/c1-15(9-4-5-19-7-9)12(18)14-8-2-3-10(11(16)17)13-6-8/h2-3,6,9H,4-5,7H2,1H3,(H,14,18)(H,16,17). The number of aromatic nitrogens is 1. The molecule has 2 rings (SSSR count). The molecule has 1 aromatic rings. The van der Waals surface area contributed by atoms with Crippen LogP contribution < -0.4 is 5.32 Å². The van der Waals surface area contributed by atoms with Crippen LogP contribution >= 0.6 is 11.8 Å². The number of carbonyl (C=O) groups excluding carboxylic acids is 1. The average molecular weight is 281 g/mol. The van der Waals surface area contributed by atoms with Gasteiger partial charge >= 0.3 is 12.0 Å². The summed E-state index contributed by atoms with van der Waals surface area (Å²) in [6.07, 6.45) is 2.35. The highest BCUT2D eigenvalue weighted by atomic mass is 32.2. The lowest BCUT2D eigenvalue weighted by Gasteiger charge is -2.23. The Labute approximate surface area is 115 Å². The maximum absolute atomic E-state index is 12.0. The monoisotopic (exact) mass is 281 g/mol. The molecule has 2 amide bonds. The predicted octanol–water partition coefficient (Wildman–Crippen LogP) is 1.75. The Morgan fingerprint density at radius 1 is 1.53 bits per heavy atom. The average Bonchev–Trinajstić information content (AvgIpc) is 2.92. The zero-order valence-corrected chi connectivity index (χ0v) is 11.3. The summed E-state index contributed by atoms with van der Waals surface area (Å²) in [5.74, 6) is 0.954. The fourth-order valence-corrected chi connectivity index (χ4v) is 3.07. The van der Waals surface area contributed by atoms with Gasteiger partial charge in [0.25, 0.3) is 0 Å². The summed E-state index contributed by atoms with van der Waals surface area (Å²) >= 11 is 1.84. The highest BCUT2D eigenvalue weighted by molar-refractivity contribution is 7.99. The van der Waals surface area contributed by atoms with E-state index in [9.17, 15) is 9.59 Å². The molecule has 0 saturated carbocycles. The fourth-order valence-electron chi connectivity index (χ4n) is 1.80. The van der Waals surface area contributed by atoms with E-state index in [4.69, 9.17) is 5.11 Å². The van der Waals surface area contributed by atoms with E-state index in [0.29, 0.717) is 5.69 Å². The quantitative estimate of drug-likeness (QED) is 0.882. The van der Waals surface area contributed by atoms with E-state index in [1.807, 2.05) is 11.8 Å². The maximum atomic E-state index is 12.0. The van der Waals surface area contributed by atoms with Crippen LogP contribution in [-0.2, 0) is 0 Å². The highest BCUT2D eigenvalue weighted by Gasteiger charge is 2.23. The summed E-state index contributed by atoms with van der Waals surface area (Å²) in [5.41, 5.74) is 0.450. The molecule has 0 aromatic carbocycles. The molecule has 1 saturated heterocycles. The summed E-state index contributed by atoms with van der Waals surface area (Å²) in [6.45, 7) is 0. The van der Waals surface area contributed by atoms with Crippen LogP contribution in [0.25, 0.3) is 0 Å². The predicted molar refractivity (Wildman–Crippen MR) is 73.7 cm³/mol. The minimum Gasteiger partial charge on any atom is -0.477 e. The van der Waals surface area contributed by atoms with Gasteiger partial charge in [0.05, 0.1) is 11.9 Å². The van der Waals surface area contributed by atoms with E-state index in [0.717, 1.165) is 17.9 Å². The van der Waals surface area contributed by atoms with Gasteiger partial charge < -0.3 is 15.3 Å². The van der Waals surface area contributed by atoms with Gasteiger partial charge in [0.2, 0.25) is 0 Å². The lowest BCUT2D eigenvalue weighted by atomic mass is 10.2. The molecule has 7 heteroatoms. The molecule has 19 heavy (non-hydrogen) atoms. The number of aromatic carboxylic acids is 1. The second kappa shape index (κ2) is 5.92. The Morgan fingerprint density at radius 3 is 2.84 bits per heavy atom. The summed E-state index contributed by atoms with van der Waals surface area (Å²) in [6, 6.07) is 2.96. The van der Waals surface area contributed by atoms with E-state index in [2.05, 4.69) is 10.3 Å². The molecule has 2 heterocycles. The van der Waals surface area contributed by atoms with Gasteiger partial charge in [0.1, 0.15) is 5.69 Å². The Balaban J connectivity index is 1.96. The van der Waals surface area contributed by atoms with Crippen molar-refractivity contribution >= 4 is 29.4 Å². The fraction of sp³-hybridized carbons (Fsp3) is 0.417. The minimum atomic E-state index is -1.09. The molecule has 6 nitrogen and oxygen atoms in total. The van der Waals surface area contributed by atoms with Crippen molar-refractivity contribution in [2.75, 3.05) is 23.9 Å². The zero-order valence-electron chi connectivity index (χ0n) is 10.5. The number of anilines is 1. The molecular formula is C12H15N3O3S. The van der Waals surface area contributed by atoms with Crippen LogP contribution in [0.5, 0.6) is 0 Å². The number of carboxylic acids is 1. The van der Waals surface area contributed by atoms with Crippen molar-refractivity contribution in [1.29, 1.82) is 0 Å². The van der Waals surface area contributed by atoms with Crippen LogP contribution in [0.15, 0.2) is 18.3 Å². The number of nitrogens with one attached hydrogen (secondary N) is 1. The molecule has 0 aliphatic carbocycles. The third-order valence-corrected chi connectivity index (χ3v) is 4.15. The van der Waals surface area contributed by atoms with Gasteiger partial charge in [-0.2, -0.15) is 11.8 Å². The Kier molecular flexibility index (Phi) is 4.26. The molecule has 2 N–H and O–H groups in total. The van der Waals surface area contributed by atoms with Crippen molar-refractivity contribution in [3.8, 4) is 0 Å². The third kappa shape index (κ3) is 3.37. The number of carboxylic acid groups (broad SMARTS) is 1. The van der Waals surface area contributed by atoms with E-state index < -0.39 is 5.97 Å². The Bertz CT molecular complexity index is 472. The first-order chi connectivity index (χ1) is 9.08. The number of urea groups is 1. The SMILES string of the molecule is CN(C(=O)Nc1ccc(C(=O)O)nc1)C1CCSC1. The van der Waals surface area contributed by atoms with Crippen LogP contribution in [-0.4, -0.2) is 51.6 Å². The molecule has 1 atom stereocenters. The molecule has 1 aromatic heterocycles. The van der Waals surface area contributed by atoms with Gasteiger partial charge in [-0.05, 0) is 24.3 Å². The van der Waals surface area contributed by atoms with Crippen LogP contribution in [0.3, 0.4) is 0 Å². The number of pyridine rings is 1. The van der Waals surface area contributed by atoms with Crippen LogP contribution in [0.1, 0.15) is 16.9 Å². The Morgan fingerprint density at radius 2 is 2.32 bits per heavy atom. The van der Waals surface area contributed by atoms with Crippen molar-refractivity contribution in [2.24, 2.45) is 0 Å². The number of hydrogen-bond acceptors (Lipinski definition) is 4. The van der Waals surface area contributed by atoms with Crippen molar-refractivity contribution in [3.05, 3.63) is 24.0 Å². The molecule has 0 bridgehead atoms. The summed E-state index contributed by atoms with van der Waals surface area (Å²) in [7, 11) is 1.77. The number of carbonyl (C=O) groups is 2. The molecule has 1 fully saturated rings. The van der Waals surface area contributed by atoms with Crippen LogP contribution in [0.4, 0.5) is 10.5 Å². The highest BCUT2D eigenvalue weighted by Crippen LogP contribution is 2.21. The molecular weight excluding hydrogens is 266 g/mol. The van der Waals surface area contributed by atoms with E-state index >= 15 is 0 Å². The number of thioether (sulfide) groups is 1. The molecule has 1 aliphatic rings.